The first-order valence-corrected chi connectivity index (χ1v) is 4.77. The summed E-state index contributed by atoms with van der Waals surface area (Å²) >= 11 is 0. The summed E-state index contributed by atoms with van der Waals surface area (Å²) in [5.41, 5.74) is 0. The van der Waals surface area contributed by atoms with Gasteiger partial charge in [0.25, 0.3) is 10.0 Å². The van der Waals surface area contributed by atoms with Crippen molar-refractivity contribution in [3.63, 3.8) is 0 Å². The third-order valence-corrected chi connectivity index (χ3v) is 2.44. The molecule has 0 aromatic rings. The van der Waals surface area contributed by atoms with Crippen molar-refractivity contribution in [2.75, 3.05) is 0 Å². The zero-order valence-corrected chi connectivity index (χ0v) is 8.02. The molecule has 3 nitrogen and oxygen atoms in total. The predicted octanol–water partition coefficient (Wildman–Crippen LogP) is 1.05. The van der Waals surface area contributed by atoms with Crippen LogP contribution in [0.3, 0.4) is 0 Å². The van der Waals surface area contributed by atoms with Crippen LogP contribution in [0.25, 0.3) is 0 Å². The van der Waals surface area contributed by atoms with E-state index in [-0.39, 0.29) is 51.4 Å². The Labute approximate surface area is 136 Å². The fourth-order valence-corrected chi connectivity index (χ4v) is 1.02. The van der Waals surface area contributed by atoms with E-state index in [9.17, 15) is 47.9 Å². The zero-order valence-electron chi connectivity index (χ0n) is 7.20. The monoisotopic (exact) mass is 339 g/mol. The van der Waals surface area contributed by atoms with Crippen molar-refractivity contribution in [3.05, 3.63) is 0 Å². The molecule has 0 spiro atoms. The molecule has 0 saturated carbocycles. The Morgan fingerprint density at radius 1 is 0.722 bits per heavy atom. The first-order chi connectivity index (χ1) is 7.00. The molecule has 0 heterocycles. The topological polar surface area (TPSA) is 60.2 Å². The molecule has 18 heavy (non-hydrogen) atoms. The van der Waals surface area contributed by atoms with Crippen molar-refractivity contribution in [1.29, 1.82) is 0 Å². The maximum atomic E-state index is 12.3. The Morgan fingerprint density at radius 3 is 1.17 bits per heavy atom. The van der Waals surface area contributed by atoms with E-state index in [1.165, 1.54) is 0 Å². The van der Waals surface area contributed by atoms with Crippen molar-refractivity contribution in [1.82, 2.24) is 0 Å². The molecule has 0 unspecified atom stereocenters. The summed E-state index contributed by atoms with van der Waals surface area (Å²) in [6.07, 6.45) is -7.08. The molecule has 0 rings (SSSR count). The molecule has 14 heteroatoms. The number of rotatable bonds is 3. The fraction of sp³-hybridized carbons (Fsp3) is 1.00. The van der Waals surface area contributed by atoms with E-state index < -0.39 is 33.3 Å². The summed E-state index contributed by atoms with van der Waals surface area (Å²) in [5, 5.41) is -3.30. The summed E-state index contributed by atoms with van der Waals surface area (Å²) in [5.74, 6) is -14.5. The van der Waals surface area contributed by atoms with Gasteiger partial charge in [-0.25, -0.2) is 13.6 Å². The number of sulfonamides is 1. The van der Waals surface area contributed by atoms with Crippen molar-refractivity contribution in [2.24, 2.45) is 5.14 Å². The molecule has 0 aliphatic heterocycles. The van der Waals surface area contributed by atoms with Crippen molar-refractivity contribution < 1.29 is 47.9 Å². The summed E-state index contributed by atoms with van der Waals surface area (Å²) in [7, 11) is -6.67. The van der Waals surface area contributed by atoms with E-state index in [1.807, 2.05) is 0 Å². The molecule has 0 fully saturated rings. The Hall–Kier alpha value is 0.916. The van der Waals surface area contributed by atoms with Gasteiger partial charge in [-0.15, -0.1) is 0 Å². The van der Waals surface area contributed by atoms with Crippen LogP contribution in [0.5, 0.6) is 0 Å². The van der Waals surface area contributed by atoms with Crippen LogP contribution in [0.15, 0.2) is 0 Å². The van der Waals surface area contributed by atoms with E-state index >= 15 is 0 Å². The molecule has 0 atom stereocenters. The van der Waals surface area contributed by atoms with Crippen molar-refractivity contribution in [3.8, 4) is 0 Å². The fourth-order valence-electron chi connectivity index (χ4n) is 0.539. The second-order valence-electron chi connectivity index (χ2n) is 2.71. The average Bonchev–Trinajstić information content (AvgIpc) is 1.98. The van der Waals surface area contributed by atoms with Crippen molar-refractivity contribution in [2.45, 2.75) is 23.3 Å². The normalized spacial score (nSPS) is 15.2. The molecule has 0 amide bonds. The summed E-state index contributed by atoms with van der Waals surface area (Å²) < 4.78 is 127. The molecule has 0 aliphatic carbocycles. The Balaban J connectivity index is 0. The summed E-state index contributed by atoms with van der Waals surface area (Å²) in [6, 6.07) is 0. The van der Waals surface area contributed by atoms with Gasteiger partial charge in [-0.3, -0.25) is 0 Å². The van der Waals surface area contributed by atoms with Crippen LogP contribution in [0.4, 0.5) is 39.5 Å². The standard InChI is InChI=1S/C4H2F9NO2S.K.H/c5-1(6,3(9,10)11)2(7,8)4(12,13)17(14,15)16;;/h(H2,14,15,16);;. The van der Waals surface area contributed by atoms with Gasteiger partial charge in [-0.2, -0.15) is 39.5 Å². The Kier molecular flexibility index (Phi) is 6.32. The number of hydrogen-bond donors (Lipinski definition) is 1. The van der Waals surface area contributed by atoms with Crippen LogP contribution in [-0.4, -0.2) is 83.1 Å². The number of primary sulfonamides is 1. The minimum absolute atomic E-state index is 0. The zero-order chi connectivity index (χ0) is 14.5. The summed E-state index contributed by atoms with van der Waals surface area (Å²) in [6.45, 7) is 0. The van der Waals surface area contributed by atoms with Gasteiger partial charge in [0, 0.05) is 0 Å². The first kappa shape index (κ1) is 21.2. The van der Waals surface area contributed by atoms with Gasteiger partial charge in [-0.05, 0) is 0 Å². The summed E-state index contributed by atoms with van der Waals surface area (Å²) in [4.78, 5) is 0. The second kappa shape index (κ2) is 5.36. The molecule has 0 radical (unpaired) electrons. The third kappa shape index (κ3) is 3.14. The molecule has 0 bridgehead atoms. The Bertz CT molecular complexity index is 401. The molecular formula is C4H3F9KNO2S. The van der Waals surface area contributed by atoms with Crippen LogP contribution < -0.4 is 5.14 Å². The first-order valence-electron chi connectivity index (χ1n) is 3.22. The maximum absolute atomic E-state index is 12.3. The van der Waals surface area contributed by atoms with Crippen LogP contribution >= 0.6 is 0 Å². The van der Waals surface area contributed by atoms with E-state index in [0.717, 1.165) is 0 Å². The quantitative estimate of drug-likeness (QED) is 0.617. The van der Waals surface area contributed by atoms with Gasteiger partial charge in [0.05, 0.1) is 0 Å². The molecule has 106 valence electrons. The molecule has 2 N–H and O–H groups in total. The molecule has 0 aromatic carbocycles. The average molecular weight is 339 g/mol. The van der Waals surface area contributed by atoms with Gasteiger partial charge in [0.2, 0.25) is 0 Å². The van der Waals surface area contributed by atoms with Gasteiger partial charge < -0.3 is 0 Å². The van der Waals surface area contributed by atoms with Crippen LogP contribution in [0.2, 0.25) is 0 Å². The van der Waals surface area contributed by atoms with E-state index in [4.69, 9.17) is 0 Å². The molecule has 0 aromatic heterocycles. The van der Waals surface area contributed by atoms with Gasteiger partial charge in [0.1, 0.15) is 0 Å². The van der Waals surface area contributed by atoms with Crippen LogP contribution in [0.1, 0.15) is 0 Å². The van der Waals surface area contributed by atoms with Crippen LogP contribution in [0, 0.1) is 0 Å². The van der Waals surface area contributed by atoms with Crippen LogP contribution in [-0.2, 0) is 10.0 Å². The van der Waals surface area contributed by atoms with Gasteiger partial charge in [-0.1, -0.05) is 0 Å². The predicted molar refractivity (Wildman–Crippen MR) is 41.2 cm³/mol. The third-order valence-electron chi connectivity index (χ3n) is 1.47. The van der Waals surface area contributed by atoms with E-state index in [2.05, 4.69) is 5.14 Å². The SMILES string of the molecule is NS(=O)(=O)C(F)(F)C(F)(F)C(F)(F)C(F)(F)F.[KH]. The number of alkyl halides is 9. The minimum atomic E-state index is -7.27. The number of hydrogen-bond acceptors (Lipinski definition) is 2. The van der Waals surface area contributed by atoms with E-state index in [1.54, 1.807) is 0 Å². The van der Waals surface area contributed by atoms with Crippen molar-refractivity contribution >= 4 is 61.4 Å². The van der Waals surface area contributed by atoms with Gasteiger partial charge >= 0.3 is 74.7 Å². The molecule has 0 saturated heterocycles. The molecule has 0 aliphatic rings. The number of nitrogens with two attached hydrogens (primary N) is 1. The van der Waals surface area contributed by atoms with Gasteiger partial charge in [0.15, 0.2) is 0 Å². The van der Waals surface area contributed by atoms with E-state index in [0.29, 0.717) is 0 Å². The molecular weight excluding hydrogens is 336 g/mol. The Morgan fingerprint density at radius 2 is 1.00 bits per heavy atom. The number of halogens is 9. The second-order valence-corrected chi connectivity index (χ2v) is 4.31.